The van der Waals surface area contributed by atoms with Gasteiger partial charge in [0.05, 0.1) is 5.69 Å². The van der Waals surface area contributed by atoms with E-state index in [0.717, 1.165) is 22.4 Å². The molecule has 1 aromatic heterocycles. The molecule has 0 unspecified atom stereocenters. The van der Waals surface area contributed by atoms with E-state index < -0.39 is 5.97 Å². The lowest BCUT2D eigenvalue weighted by molar-refractivity contribution is 0.0691. The standard InChI is InChI=1S/C17H15N3O2/c1-11-8-9-13(10-12(11)2)16-15(17(21)22)18-19-20(16)14-6-4-3-5-7-14/h3-10H,1-2H3,(H,21,22). The Morgan fingerprint density at radius 3 is 2.41 bits per heavy atom. The van der Waals surface area contributed by atoms with Crippen molar-refractivity contribution in [2.45, 2.75) is 13.8 Å². The summed E-state index contributed by atoms with van der Waals surface area (Å²) < 4.78 is 1.56. The number of hydrogen-bond acceptors (Lipinski definition) is 3. The summed E-state index contributed by atoms with van der Waals surface area (Å²) in [6.45, 7) is 4.01. The monoisotopic (exact) mass is 293 g/mol. The summed E-state index contributed by atoms with van der Waals surface area (Å²) >= 11 is 0. The second-order valence-corrected chi connectivity index (χ2v) is 5.14. The molecule has 1 heterocycles. The molecule has 0 fully saturated rings. The Balaban J connectivity index is 2.26. The van der Waals surface area contributed by atoms with Crippen LogP contribution in [0.1, 0.15) is 21.6 Å². The molecule has 0 aliphatic carbocycles. The number of benzene rings is 2. The first-order valence-electron chi connectivity index (χ1n) is 6.90. The molecule has 0 saturated heterocycles. The van der Waals surface area contributed by atoms with Gasteiger partial charge < -0.3 is 5.11 Å². The SMILES string of the molecule is Cc1ccc(-c2c(C(=O)O)nnn2-c2ccccc2)cc1C. The van der Waals surface area contributed by atoms with E-state index in [-0.39, 0.29) is 5.69 Å². The molecule has 5 heteroatoms. The highest BCUT2D eigenvalue weighted by atomic mass is 16.4. The fourth-order valence-corrected chi connectivity index (χ4v) is 2.32. The molecule has 0 amide bonds. The third-order valence-corrected chi connectivity index (χ3v) is 3.65. The fourth-order valence-electron chi connectivity index (χ4n) is 2.32. The maximum Gasteiger partial charge on any atom is 0.358 e. The van der Waals surface area contributed by atoms with E-state index in [1.165, 1.54) is 0 Å². The van der Waals surface area contributed by atoms with Crippen molar-refractivity contribution in [3.8, 4) is 16.9 Å². The van der Waals surface area contributed by atoms with Crippen molar-refractivity contribution in [1.82, 2.24) is 15.0 Å². The Labute approximate surface area is 127 Å². The Bertz CT molecular complexity index is 838. The molecule has 3 rings (SSSR count). The van der Waals surface area contributed by atoms with E-state index >= 15 is 0 Å². The van der Waals surface area contributed by atoms with Gasteiger partial charge in [-0.25, -0.2) is 9.48 Å². The number of aromatic carboxylic acids is 1. The second kappa shape index (κ2) is 5.44. The lowest BCUT2D eigenvalue weighted by Gasteiger charge is -2.09. The van der Waals surface area contributed by atoms with E-state index in [1.807, 2.05) is 62.4 Å². The van der Waals surface area contributed by atoms with Crippen LogP contribution in [0.3, 0.4) is 0 Å². The van der Waals surface area contributed by atoms with Gasteiger partial charge >= 0.3 is 5.97 Å². The maximum absolute atomic E-state index is 11.5. The van der Waals surface area contributed by atoms with Crippen LogP contribution in [-0.2, 0) is 0 Å². The first kappa shape index (κ1) is 14.0. The van der Waals surface area contributed by atoms with E-state index in [4.69, 9.17) is 0 Å². The van der Waals surface area contributed by atoms with Gasteiger partial charge in [-0.3, -0.25) is 0 Å². The van der Waals surface area contributed by atoms with Gasteiger partial charge in [-0.05, 0) is 43.2 Å². The number of carboxylic acids is 1. The van der Waals surface area contributed by atoms with Crippen molar-refractivity contribution in [2.24, 2.45) is 0 Å². The normalized spacial score (nSPS) is 10.6. The van der Waals surface area contributed by atoms with E-state index in [0.29, 0.717) is 5.69 Å². The number of para-hydroxylation sites is 1. The average molecular weight is 293 g/mol. The highest BCUT2D eigenvalue weighted by molar-refractivity contribution is 5.93. The number of aromatic nitrogens is 3. The van der Waals surface area contributed by atoms with Gasteiger partial charge in [0, 0.05) is 5.56 Å². The molecule has 0 aliphatic heterocycles. The van der Waals surface area contributed by atoms with E-state index in [9.17, 15) is 9.90 Å². The molecule has 0 spiro atoms. The molecule has 0 saturated carbocycles. The van der Waals surface area contributed by atoms with Crippen LogP contribution in [-0.4, -0.2) is 26.1 Å². The van der Waals surface area contributed by atoms with Crippen LogP contribution in [0.4, 0.5) is 0 Å². The molecule has 0 atom stereocenters. The first-order valence-corrected chi connectivity index (χ1v) is 6.90. The van der Waals surface area contributed by atoms with Crippen molar-refractivity contribution in [1.29, 1.82) is 0 Å². The summed E-state index contributed by atoms with van der Waals surface area (Å²) in [5, 5.41) is 17.3. The molecule has 5 nitrogen and oxygen atoms in total. The molecular weight excluding hydrogens is 278 g/mol. The molecule has 3 aromatic rings. The van der Waals surface area contributed by atoms with Gasteiger partial charge in [0.2, 0.25) is 0 Å². The van der Waals surface area contributed by atoms with Crippen LogP contribution in [0.25, 0.3) is 16.9 Å². The highest BCUT2D eigenvalue weighted by Crippen LogP contribution is 2.27. The second-order valence-electron chi connectivity index (χ2n) is 5.14. The molecule has 0 aliphatic rings. The zero-order valence-electron chi connectivity index (χ0n) is 12.3. The largest absolute Gasteiger partial charge is 0.476 e. The van der Waals surface area contributed by atoms with Gasteiger partial charge in [-0.2, -0.15) is 0 Å². The van der Waals surface area contributed by atoms with E-state index in [2.05, 4.69) is 10.3 Å². The molecular formula is C17H15N3O2. The van der Waals surface area contributed by atoms with Gasteiger partial charge in [0.15, 0.2) is 5.69 Å². The molecule has 1 N–H and O–H groups in total. The zero-order valence-corrected chi connectivity index (χ0v) is 12.3. The summed E-state index contributed by atoms with van der Waals surface area (Å²) in [5.41, 5.74) is 4.24. The van der Waals surface area contributed by atoms with Crippen molar-refractivity contribution < 1.29 is 9.90 Å². The fraction of sp³-hybridized carbons (Fsp3) is 0.118. The number of carboxylic acid groups (broad SMARTS) is 1. The van der Waals surface area contributed by atoms with Gasteiger partial charge in [-0.1, -0.05) is 35.5 Å². The van der Waals surface area contributed by atoms with Gasteiger partial charge in [0.1, 0.15) is 5.69 Å². The molecule has 2 aromatic carbocycles. The predicted molar refractivity (Wildman–Crippen MR) is 83.2 cm³/mol. The van der Waals surface area contributed by atoms with Crippen LogP contribution in [0.5, 0.6) is 0 Å². The minimum absolute atomic E-state index is 0.0490. The molecule has 110 valence electrons. The number of carbonyl (C=O) groups is 1. The van der Waals surface area contributed by atoms with Crippen molar-refractivity contribution in [2.75, 3.05) is 0 Å². The van der Waals surface area contributed by atoms with Crippen LogP contribution in [0.2, 0.25) is 0 Å². The summed E-state index contributed by atoms with van der Waals surface area (Å²) in [6.07, 6.45) is 0. The quantitative estimate of drug-likeness (QED) is 0.805. The Kier molecular flexibility index (Phi) is 3.47. The number of hydrogen-bond donors (Lipinski definition) is 1. The van der Waals surface area contributed by atoms with Crippen molar-refractivity contribution >= 4 is 5.97 Å². The lowest BCUT2D eigenvalue weighted by Crippen LogP contribution is -2.03. The summed E-state index contributed by atoms with van der Waals surface area (Å²) in [5.74, 6) is -1.09. The summed E-state index contributed by atoms with van der Waals surface area (Å²) in [4.78, 5) is 11.5. The summed E-state index contributed by atoms with van der Waals surface area (Å²) in [6, 6.07) is 15.2. The highest BCUT2D eigenvalue weighted by Gasteiger charge is 2.21. The van der Waals surface area contributed by atoms with Crippen LogP contribution >= 0.6 is 0 Å². The number of aryl methyl sites for hydroxylation is 2. The average Bonchev–Trinajstić information content (AvgIpc) is 2.96. The maximum atomic E-state index is 11.5. The van der Waals surface area contributed by atoms with Gasteiger partial charge in [0.25, 0.3) is 0 Å². The van der Waals surface area contributed by atoms with Crippen LogP contribution in [0, 0.1) is 13.8 Å². The smallest absolute Gasteiger partial charge is 0.358 e. The lowest BCUT2D eigenvalue weighted by atomic mass is 10.0. The number of rotatable bonds is 3. The van der Waals surface area contributed by atoms with Gasteiger partial charge in [-0.15, -0.1) is 5.10 Å². The van der Waals surface area contributed by atoms with Crippen LogP contribution in [0.15, 0.2) is 48.5 Å². The Morgan fingerprint density at radius 2 is 1.77 bits per heavy atom. The first-order chi connectivity index (χ1) is 10.6. The molecule has 0 bridgehead atoms. The van der Waals surface area contributed by atoms with Crippen molar-refractivity contribution in [3.63, 3.8) is 0 Å². The predicted octanol–water partition coefficient (Wildman–Crippen LogP) is 3.25. The van der Waals surface area contributed by atoms with Crippen molar-refractivity contribution in [3.05, 3.63) is 65.4 Å². The van der Waals surface area contributed by atoms with Crippen LogP contribution < -0.4 is 0 Å². The third-order valence-electron chi connectivity index (χ3n) is 3.65. The van der Waals surface area contributed by atoms with E-state index in [1.54, 1.807) is 4.68 Å². The summed E-state index contributed by atoms with van der Waals surface area (Å²) in [7, 11) is 0. The molecule has 0 radical (unpaired) electrons. The molecule has 22 heavy (non-hydrogen) atoms. The minimum atomic E-state index is -1.09. The topological polar surface area (TPSA) is 68.0 Å². The zero-order chi connectivity index (χ0) is 15.7. The number of nitrogens with zero attached hydrogens (tertiary/aromatic N) is 3. The minimum Gasteiger partial charge on any atom is -0.476 e. The third kappa shape index (κ3) is 2.37. The Hall–Kier alpha value is -2.95. The Morgan fingerprint density at radius 1 is 1.05 bits per heavy atom.